The van der Waals surface area contributed by atoms with E-state index in [1.807, 2.05) is 0 Å². The van der Waals surface area contributed by atoms with Gasteiger partial charge >= 0.3 is 0 Å². The molecule has 0 fully saturated rings. The number of nitrogens with zero attached hydrogens (tertiary/aromatic N) is 1. The molecule has 1 aromatic rings. The number of ketones is 1. The van der Waals surface area contributed by atoms with Crippen LogP contribution in [0.1, 0.15) is 60.9 Å². The van der Waals surface area contributed by atoms with E-state index in [2.05, 4.69) is 32.7 Å². The molecule has 0 aliphatic heterocycles. The van der Waals surface area contributed by atoms with Crippen LogP contribution in [0.4, 0.5) is 0 Å². The Labute approximate surface area is 95.7 Å². The molecule has 84 valence electrons. The molecule has 1 rings (SSSR count). The molecular formula is C12H19NOS. The molecule has 0 unspecified atom stereocenters. The zero-order valence-corrected chi connectivity index (χ0v) is 10.9. The van der Waals surface area contributed by atoms with E-state index in [1.165, 1.54) is 4.88 Å². The molecule has 0 spiro atoms. The van der Waals surface area contributed by atoms with Crippen molar-refractivity contribution in [1.29, 1.82) is 0 Å². The largest absolute Gasteiger partial charge is 0.292 e. The molecule has 0 aliphatic carbocycles. The van der Waals surface area contributed by atoms with E-state index in [0.717, 1.165) is 12.1 Å². The van der Waals surface area contributed by atoms with E-state index in [4.69, 9.17) is 0 Å². The van der Waals surface area contributed by atoms with Crippen molar-refractivity contribution in [1.82, 2.24) is 4.98 Å². The van der Waals surface area contributed by atoms with E-state index in [1.54, 1.807) is 18.3 Å². The summed E-state index contributed by atoms with van der Waals surface area (Å²) in [6, 6.07) is 0. The van der Waals surface area contributed by atoms with Crippen LogP contribution in [0.2, 0.25) is 0 Å². The predicted octanol–water partition coefficient (Wildman–Crippen LogP) is 3.67. The van der Waals surface area contributed by atoms with Gasteiger partial charge in [0.1, 0.15) is 0 Å². The molecule has 0 N–H and O–H groups in total. The van der Waals surface area contributed by atoms with Gasteiger partial charge in [-0.3, -0.25) is 4.79 Å². The number of rotatable bonds is 4. The van der Waals surface area contributed by atoms with Gasteiger partial charge in [-0.1, -0.05) is 27.7 Å². The molecule has 0 radical (unpaired) electrons. The Balaban J connectivity index is 3.06. The fraction of sp³-hybridized carbons (Fsp3) is 0.667. The van der Waals surface area contributed by atoms with Crippen molar-refractivity contribution in [2.75, 3.05) is 0 Å². The molecule has 0 bridgehead atoms. The number of thiazole rings is 1. The Bertz CT molecular complexity index is 353. The average Bonchev–Trinajstić information content (AvgIpc) is 2.46. The van der Waals surface area contributed by atoms with Crippen molar-refractivity contribution in [3.05, 3.63) is 15.6 Å². The van der Waals surface area contributed by atoms with Crippen molar-refractivity contribution in [2.24, 2.45) is 5.92 Å². The number of carbonyl (C=O) groups excluding carboxylic acids is 1. The van der Waals surface area contributed by atoms with Gasteiger partial charge in [-0.25, -0.2) is 4.98 Å². The molecular weight excluding hydrogens is 206 g/mol. The smallest absolute Gasteiger partial charge is 0.188 e. The molecule has 0 aliphatic rings. The van der Waals surface area contributed by atoms with Crippen molar-refractivity contribution in [3.8, 4) is 0 Å². The first-order chi connectivity index (χ1) is 6.91. The minimum Gasteiger partial charge on any atom is -0.292 e. The van der Waals surface area contributed by atoms with Crippen LogP contribution in [0.3, 0.4) is 0 Å². The van der Waals surface area contributed by atoms with Crippen LogP contribution in [-0.4, -0.2) is 10.8 Å². The Kier molecular flexibility index (Phi) is 4.03. The first-order valence-electron chi connectivity index (χ1n) is 5.42. The summed E-state index contributed by atoms with van der Waals surface area (Å²) in [5.74, 6) is 1.13. The van der Waals surface area contributed by atoms with Crippen molar-refractivity contribution in [3.63, 3.8) is 0 Å². The number of carbonyl (C=O) groups is 1. The Morgan fingerprint density at radius 3 is 2.33 bits per heavy atom. The zero-order valence-electron chi connectivity index (χ0n) is 10.1. The van der Waals surface area contributed by atoms with Crippen LogP contribution in [0.15, 0.2) is 0 Å². The van der Waals surface area contributed by atoms with Crippen molar-refractivity contribution < 1.29 is 4.79 Å². The molecule has 1 aromatic heterocycles. The fourth-order valence-corrected chi connectivity index (χ4v) is 2.49. The van der Waals surface area contributed by atoms with Crippen LogP contribution in [-0.2, 0) is 6.42 Å². The zero-order chi connectivity index (χ0) is 11.6. The predicted molar refractivity (Wildman–Crippen MR) is 64.7 cm³/mol. The maximum Gasteiger partial charge on any atom is 0.188 e. The number of Topliss-reactive ketones (excluding diaryl/α,β-unsaturated/α-hetero) is 1. The lowest BCUT2D eigenvalue weighted by Crippen LogP contribution is -2.00. The fourth-order valence-electron chi connectivity index (χ4n) is 1.50. The summed E-state index contributed by atoms with van der Waals surface area (Å²) in [6.45, 7) is 10.2. The maximum absolute atomic E-state index is 11.3. The van der Waals surface area contributed by atoms with E-state index in [0.29, 0.717) is 16.8 Å². The standard InChI is InChI=1S/C12H19NOS/c1-7(2)6-10-11(8(3)4)15-12(13-10)9(5)14/h7-8H,6H2,1-5H3. The lowest BCUT2D eigenvalue weighted by Gasteiger charge is -2.06. The second-order valence-corrected chi connectivity index (χ2v) is 5.67. The average molecular weight is 225 g/mol. The third-order valence-corrected chi connectivity index (χ3v) is 3.65. The van der Waals surface area contributed by atoms with Gasteiger partial charge in [0.15, 0.2) is 10.8 Å². The highest BCUT2D eigenvalue weighted by molar-refractivity contribution is 7.13. The van der Waals surface area contributed by atoms with E-state index >= 15 is 0 Å². The highest BCUT2D eigenvalue weighted by Crippen LogP contribution is 2.28. The van der Waals surface area contributed by atoms with Crippen LogP contribution in [0, 0.1) is 5.92 Å². The highest BCUT2D eigenvalue weighted by atomic mass is 32.1. The second-order valence-electron chi connectivity index (χ2n) is 4.64. The van der Waals surface area contributed by atoms with Gasteiger partial charge in [-0.05, 0) is 18.3 Å². The summed E-state index contributed by atoms with van der Waals surface area (Å²) >= 11 is 1.56. The van der Waals surface area contributed by atoms with Crippen LogP contribution < -0.4 is 0 Å². The highest BCUT2D eigenvalue weighted by Gasteiger charge is 2.16. The Morgan fingerprint density at radius 1 is 1.33 bits per heavy atom. The molecule has 1 heterocycles. The first kappa shape index (κ1) is 12.4. The van der Waals surface area contributed by atoms with Gasteiger partial charge in [0.05, 0.1) is 5.69 Å². The van der Waals surface area contributed by atoms with E-state index < -0.39 is 0 Å². The monoisotopic (exact) mass is 225 g/mol. The van der Waals surface area contributed by atoms with Gasteiger partial charge < -0.3 is 0 Å². The second kappa shape index (κ2) is 4.88. The number of aromatic nitrogens is 1. The quantitative estimate of drug-likeness (QED) is 0.732. The third kappa shape index (κ3) is 3.13. The summed E-state index contributed by atoms with van der Waals surface area (Å²) in [7, 11) is 0. The number of hydrogen-bond donors (Lipinski definition) is 0. The van der Waals surface area contributed by atoms with Gasteiger partial charge in [0, 0.05) is 11.8 Å². The van der Waals surface area contributed by atoms with Gasteiger partial charge in [0.25, 0.3) is 0 Å². The molecule has 3 heteroatoms. The van der Waals surface area contributed by atoms with Crippen molar-refractivity contribution in [2.45, 2.75) is 47.0 Å². The van der Waals surface area contributed by atoms with Gasteiger partial charge in [-0.15, -0.1) is 11.3 Å². The minimum atomic E-state index is 0.0805. The SMILES string of the molecule is CC(=O)c1nc(CC(C)C)c(C(C)C)s1. The topological polar surface area (TPSA) is 30.0 Å². The molecule has 0 atom stereocenters. The minimum absolute atomic E-state index is 0.0805. The van der Waals surface area contributed by atoms with Gasteiger partial charge in [0.2, 0.25) is 0 Å². The Hall–Kier alpha value is -0.700. The van der Waals surface area contributed by atoms with Crippen molar-refractivity contribution >= 4 is 17.1 Å². The first-order valence-corrected chi connectivity index (χ1v) is 6.24. The van der Waals surface area contributed by atoms with E-state index in [9.17, 15) is 4.79 Å². The van der Waals surface area contributed by atoms with Crippen LogP contribution >= 0.6 is 11.3 Å². The van der Waals surface area contributed by atoms with Crippen LogP contribution in [0.5, 0.6) is 0 Å². The molecule has 0 aromatic carbocycles. The normalized spacial score (nSPS) is 11.4. The summed E-state index contributed by atoms with van der Waals surface area (Å²) < 4.78 is 0. The lowest BCUT2D eigenvalue weighted by molar-refractivity contribution is 0.101. The summed E-state index contributed by atoms with van der Waals surface area (Å²) in [6.07, 6.45) is 0.970. The van der Waals surface area contributed by atoms with Gasteiger partial charge in [-0.2, -0.15) is 0 Å². The van der Waals surface area contributed by atoms with Crippen LogP contribution in [0.25, 0.3) is 0 Å². The molecule has 2 nitrogen and oxygen atoms in total. The summed E-state index contributed by atoms with van der Waals surface area (Å²) in [4.78, 5) is 17.0. The van der Waals surface area contributed by atoms with E-state index in [-0.39, 0.29) is 5.78 Å². The molecule has 0 saturated carbocycles. The maximum atomic E-state index is 11.3. The molecule has 0 saturated heterocycles. The lowest BCUT2D eigenvalue weighted by atomic mass is 10.0. The number of hydrogen-bond acceptors (Lipinski definition) is 3. The molecule has 15 heavy (non-hydrogen) atoms. The summed E-state index contributed by atoms with van der Waals surface area (Å²) in [5.41, 5.74) is 1.12. The third-order valence-electron chi connectivity index (χ3n) is 2.15. The summed E-state index contributed by atoms with van der Waals surface area (Å²) in [5, 5.41) is 0.661. The Morgan fingerprint density at radius 2 is 1.93 bits per heavy atom. The molecule has 0 amide bonds.